The summed E-state index contributed by atoms with van der Waals surface area (Å²) < 4.78 is 1.65. The Morgan fingerprint density at radius 3 is 2.43 bits per heavy atom. The van der Waals surface area contributed by atoms with Gasteiger partial charge in [0.25, 0.3) is 0 Å². The number of aromatic nitrogens is 2. The van der Waals surface area contributed by atoms with Gasteiger partial charge >= 0.3 is 0 Å². The SMILES string of the molecule is O=C(C[n+]1cc2ccccc2cn1)c1ccc(Cl)cc1.[Br-]. The summed E-state index contributed by atoms with van der Waals surface area (Å²) in [7, 11) is 0. The highest BCUT2D eigenvalue weighted by atomic mass is 79.9. The van der Waals surface area contributed by atoms with Crippen molar-refractivity contribution in [2.45, 2.75) is 6.54 Å². The molecule has 0 aliphatic rings. The van der Waals surface area contributed by atoms with Gasteiger partial charge in [-0.25, -0.2) is 0 Å². The highest BCUT2D eigenvalue weighted by Crippen LogP contribution is 2.11. The van der Waals surface area contributed by atoms with Crippen LogP contribution in [0.15, 0.2) is 60.9 Å². The number of rotatable bonds is 3. The standard InChI is InChI=1S/C16H12ClN2O.BrH/c17-15-7-5-12(6-8-15)16(20)11-19-10-14-4-2-1-3-13(14)9-18-19;/h1-10H,11H2;1H/q+1;/p-1. The fraction of sp³-hybridized carbons (Fsp3) is 0.0625. The Hall–Kier alpha value is -1.78. The van der Waals surface area contributed by atoms with E-state index >= 15 is 0 Å². The predicted molar refractivity (Wildman–Crippen MR) is 77.7 cm³/mol. The van der Waals surface area contributed by atoms with E-state index in [9.17, 15) is 4.79 Å². The average Bonchev–Trinajstić information content (AvgIpc) is 2.48. The first-order valence-corrected chi connectivity index (χ1v) is 6.63. The van der Waals surface area contributed by atoms with Crippen LogP contribution in [0.25, 0.3) is 10.8 Å². The number of carbonyl (C=O) groups is 1. The number of carbonyl (C=O) groups excluding carboxylic acids is 1. The van der Waals surface area contributed by atoms with Crippen molar-refractivity contribution in [2.24, 2.45) is 0 Å². The van der Waals surface area contributed by atoms with Gasteiger partial charge in [0, 0.05) is 21.4 Å². The Bertz CT molecular complexity index is 775. The number of ketones is 1. The number of fused-ring (bicyclic) bond motifs is 1. The van der Waals surface area contributed by atoms with E-state index in [1.54, 1.807) is 35.1 Å². The molecule has 0 amide bonds. The van der Waals surface area contributed by atoms with Crippen molar-refractivity contribution in [3.05, 3.63) is 71.5 Å². The van der Waals surface area contributed by atoms with Crippen LogP contribution >= 0.6 is 11.6 Å². The first-order chi connectivity index (χ1) is 9.72. The molecule has 5 heteroatoms. The first kappa shape index (κ1) is 15.6. The second-order valence-electron chi connectivity index (χ2n) is 4.53. The van der Waals surface area contributed by atoms with E-state index in [-0.39, 0.29) is 29.3 Å². The van der Waals surface area contributed by atoms with Crippen LogP contribution in [0.2, 0.25) is 5.02 Å². The van der Waals surface area contributed by atoms with E-state index in [0.717, 1.165) is 10.8 Å². The van der Waals surface area contributed by atoms with E-state index in [1.165, 1.54) is 0 Å². The van der Waals surface area contributed by atoms with Crippen LogP contribution in [0.1, 0.15) is 10.4 Å². The Morgan fingerprint density at radius 1 is 1.05 bits per heavy atom. The van der Waals surface area contributed by atoms with Gasteiger partial charge in [-0.1, -0.05) is 34.5 Å². The van der Waals surface area contributed by atoms with Crippen LogP contribution in [0.3, 0.4) is 0 Å². The van der Waals surface area contributed by atoms with Crippen molar-refractivity contribution < 1.29 is 26.5 Å². The van der Waals surface area contributed by atoms with Gasteiger partial charge in [-0.2, -0.15) is 0 Å². The molecule has 0 aliphatic carbocycles. The molecule has 0 spiro atoms. The zero-order valence-electron chi connectivity index (χ0n) is 11.0. The van der Waals surface area contributed by atoms with E-state index in [1.807, 2.05) is 30.5 Å². The van der Waals surface area contributed by atoms with Gasteiger partial charge in [0.05, 0.1) is 0 Å². The summed E-state index contributed by atoms with van der Waals surface area (Å²) in [5.74, 6) is 0.00875. The molecular formula is C16H12BrClN2O. The van der Waals surface area contributed by atoms with Gasteiger partial charge < -0.3 is 17.0 Å². The number of hydrogen-bond donors (Lipinski definition) is 0. The third-order valence-corrected chi connectivity index (χ3v) is 3.35. The van der Waals surface area contributed by atoms with Gasteiger partial charge in [-0.15, -0.1) is 0 Å². The molecule has 0 saturated heterocycles. The number of hydrogen-bond acceptors (Lipinski definition) is 2. The lowest BCUT2D eigenvalue weighted by atomic mass is 10.1. The van der Waals surface area contributed by atoms with Crippen LogP contribution in [-0.4, -0.2) is 10.9 Å². The molecule has 1 heterocycles. The molecule has 0 N–H and O–H groups in total. The molecule has 106 valence electrons. The second kappa shape index (κ2) is 6.78. The quantitative estimate of drug-likeness (QED) is 0.487. The van der Waals surface area contributed by atoms with Crippen molar-refractivity contribution in [3.63, 3.8) is 0 Å². The zero-order chi connectivity index (χ0) is 13.9. The van der Waals surface area contributed by atoms with Gasteiger partial charge in [-0.05, 0) is 35.4 Å². The Kier molecular flexibility index (Phi) is 5.04. The molecule has 0 aliphatic heterocycles. The van der Waals surface area contributed by atoms with Crippen molar-refractivity contribution in [2.75, 3.05) is 0 Å². The van der Waals surface area contributed by atoms with Crippen molar-refractivity contribution in [1.82, 2.24) is 5.10 Å². The van der Waals surface area contributed by atoms with Crippen molar-refractivity contribution in [3.8, 4) is 0 Å². The summed E-state index contributed by atoms with van der Waals surface area (Å²) in [4.78, 5) is 12.2. The van der Waals surface area contributed by atoms with Crippen LogP contribution in [-0.2, 0) is 6.54 Å². The smallest absolute Gasteiger partial charge is 0.236 e. The van der Waals surface area contributed by atoms with E-state index in [2.05, 4.69) is 5.10 Å². The maximum absolute atomic E-state index is 12.2. The molecule has 1 aromatic heterocycles. The Balaban J connectivity index is 0.00000161. The number of nitrogens with zero attached hydrogens (tertiary/aromatic N) is 2. The molecule has 3 aromatic rings. The van der Waals surface area contributed by atoms with Gasteiger partial charge in [0.2, 0.25) is 18.5 Å². The van der Waals surface area contributed by atoms with Crippen molar-refractivity contribution >= 4 is 28.2 Å². The van der Waals surface area contributed by atoms with Crippen LogP contribution < -0.4 is 21.7 Å². The van der Waals surface area contributed by atoms with Crippen molar-refractivity contribution in [1.29, 1.82) is 0 Å². The van der Waals surface area contributed by atoms with Crippen LogP contribution in [0, 0.1) is 0 Å². The minimum absolute atomic E-state index is 0. The number of Topliss-reactive ketones (excluding diaryl/α,β-unsaturated/α-hetero) is 1. The summed E-state index contributed by atoms with van der Waals surface area (Å²) in [6.45, 7) is 0.215. The molecule has 2 aromatic carbocycles. The fourth-order valence-corrected chi connectivity index (χ4v) is 2.16. The first-order valence-electron chi connectivity index (χ1n) is 6.26. The zero-order valence-corrected chi connectivity index (χ0v) is 13.4. The molecule has 0 atom stereocenters. The maximum Gasteiger partial charge on any atom is 0.236 e. The average molecular weight is 364 g/mol. The molecule has 0 saturated carbocycles. The lowest BCUT2D eigenvalue weighted by Gasteiger charge is -1.98. The summed E-state index contributed by atoms with van der Waals surface area (Å²) in [6, 6.07) is 14.8. The highest BCUT2D eigenvalue weighted by molar-refractivity contribution is 6.30. The van der Waals surface area contributed by atoms with Gasteiger partial charge in [-0.3, -0.25) is 4.79 Å². The van der Waals surface area contributed by atoms with E-state index in [4.69, 9.17) is 11.6 Å². The minimum atomic E-state index is 0. The topological polar surface area (TPSA) is 33.8 Å². The summed E-state index contributed by atoms with van der Waals surface area (Å²) in [5, 5.41) is 7.00. The molecular weight excluding hydrogens is 352 g/mol. The largest absolute Gasteiger partial charge is 1.00 e. The summed E-state index contributed by atoms with van der Waals surface area (Å²) in [5.41, 5.74) is 0.636. The summed E-state index contributed by atoms with van der Waals surface area (Å²) >= 11 is 5.81. The maximum atomic E-state index is 12.2. The highest BCUT2D eigenvalue weighted by Gasteiger charge is 2.14. The van der Waals surface area contributed by atoms with Crippen LogP contribution in [0.4, 0.5) is 0 Å². The van der Waals surface area contributed by atoms with E-state index in [0.29, 0.717) is 10.6 Å². The lowest BCUT2D eigenvalue weighted by Crippen LogP contribution is -3.00. The Morgan fingerprint density at radius 2 is 1.71 bits per heavy atom. The van der Waals surface area contributed by atoms with Gasteiger partial charge in [0.15, 0.2) is 0 Å². The molecule has 0 radical (unpaired) electrons. The predicted octanol–water partition coefficient (Wildman–Crippen LogP) is 0.0626. The van der Waals surface area contributed by atoms with Crippen LogP contribution in [0.5, 0.6) is 0 Å². The monoisotopic (exact) mass is 362 g/mol. The number of benzene rings is 2. The van der Waals surface area contributed by atoms with E-state index < -0.39 is 0 Å². The molecule has 0 unspecified atom stereocenters. The van der Waals surface area contributed by atoms with Gasteiger partial charge in [0.1, 0.15) is 6.20 Å². The Labute approximate surface area is 137 Å². The number of halogens is 2. The fourth-order valence-electron chi connectivity index (χ4n) is 2.04. The third-order valence-electron chi connectivity index (χ3n) is 3.10. The third kappa shape index (κ3) is 3.65. The summed E-state index contributed by atoms with van der Waals surface area (Å²) in [6.07, 6.45) is 3.65. The second-order valence-corrected chi connectivity index (χ2v) is 4.97. The molecule has 3 rings (SSSR count). The molecule has 0 bridgehead atoms. The normalized spacial score (nSPS) is 10.1. The lowest BCUT2D eigenvalue weighted by molar-refractivity contribution is -0.740. The molecule has 3 nitrogen and oxygen atoms in total. The minimum Gasteiger partial charge on any atom is -1.00 e. The molecule has 21 heavy (non-hydrogen) atoms. The molecule has 0 fully saturated rings.